The van der Waals surface area contributed by atoms with E-state index in [4.69, 9.17) is 0 Å². The summed E-state index contributed by atoms with van der Waals surface area (Å²) in [4.78, 5) is 21.3. The van der Waals surface area contributed by atoms with Crippen LogP contribution < -0.4 is 15.1 Å². The highest BCUT2D eigenvalue weighted by molar-refractivity contribution is 6.04. The van der Waals surface area contributed by atoms with E-state index in [1.165, 1.54) is 0 Å². The van der Waals surface area contributed by atoms with Gasteiger partial charge in [-0.15, -0.1) is 0 Å². The smallest absolute Gasteiger partial charge is 0.255 e. The molecule has 2 rings (SSSR count). The van der Waals surface area contributed by atoms with Crippen LogP contribution in [0.4, 0.5) is 17.2 Å². The van der Waals surface area contributed by atoms with E-state index in [9.17, 15) is 4.79 Å². The van der Waals surface area contributed by atoms with Crippen molar-refractivity contribution in [1.82, 2.24) is 4.98 Å². The van der Waals surface area contributed by atoms with Crippen molar-refractivity contribution in [3.63, 3.8) is 0 Å². The van der Waals surface area contributed by atoms with E-state index in [1.807, 2.05) is 30.3 Å². The van der Waals surface area contributed by atoms with Crippen molar-refractivity contribution in [2.24, 2.45) is 0 Å². The molecule has 0 radical (unpaired) electrons. The third kappa shape index (κ3) is 4.72. The van der Waals surface area contributed by atoms with Crippen LogP contribution in [-0.4, -0.2) is 37.1 Å². The third-order valence-electron chi connectivity index (χ3n) is 4.35. The highest BCUT2D eigenvalue weighted by atomic mass is 16.1. The van der Waals surface area contributed by atoms with Gasteiger partial charge in [-0.05, 0) is 64.1 Å². The van der Waals surface area contributed by atoms with Crippen LogP contribution in [0.25, 0.3) is 0 Å². The molecule has 1 heterocycles. The summed E-state index contributed by atoms with van der Waals surface area (Å²) in [7, 11) is 0. The lowest BCUT2D eigenvalue weighted by atomic mass is 10.2. The molecule has 0 saturated carbocycles. The lowest BCUT2D eigenvalue weighted by molar-refractivity contribution is 0.102. The van der Waals surface area contributed by atoms with Gasteiger partial charge in [-0.2, -0.15) is 0 Å². The van der Waals surface area contributed by atoms with Crippen molar-refractivity contribution in [3.8, 4) is 0 Å². The van der Waals surface area contributed by atoms with Gasteiger partial charge in [-0.25, -0.2) is 4.98 Å². The molecular weight excluding hydrogens is 312 g/mol. The minimum Gasteiger partial charge on any atom is -0.372 e. The first kappa shape index (κ1) is 18.8. The molecule has 25 heavy (non-hydrogen) atoms. The van der Waals surface area contributed by atoms with Gasteiger partial charge < -0.3 is 15.1 Å². The molecular formula is C20H28N4O. The summed E-state index contributed by atoms with van der Waals surface area (Å²) < 4.78 is 0. The zero-order chi connectivity index (χ0) is 18.2. The largest absolute Gasteiger partial charge is 0.372 e. The Morgan fingerprint density at radius 3 is 2.08 bits per heavy atom. The number of carbonyl (C=O) groups is 1. The number of benzene rings is 1. The predicted molar refractivity (Wildman–Crippen MR) is 106 cm³/mol. The van der Waals surface area contributed by atoms with Gasteiger partial charge in [0.05, 0.1) is 0 Å². The molecule has 134 valence electrons. The summed E-state index contributed by atoms with van der Waals surface area (Å²) in [6.45, 7) is 12.1. The predicted octanol–water partition coefficient (Wildman–Crippen LogP) is 4.03. The van der Waals surface area contributed by atoms with Crippen LogP contribution in [0.5, 0.6) is 0 Å². The molecule has 1 aromatic heterocycles. The van der Waals surface area contributed by atoms with Crippen molar-refractivity contribution in [2.75, 3.05) is 41.3 Å². The molecule has 5 heteroatoms. The second kappa shape index (κ2) is 9.06. The topological polar surface area (TPSA) is 48.5 Å². The summed E-state index contributed by atoms with van der Waals surface area (Å²) in [6, 6.07) is 11.5. The van der Waals surface area contributed by atoms with Crippen molar-refractivity contribution in [1.29, 1.82) is 0 Å². The van der Waals surface area contributed by atoms with E-state index in [2.05, 4.69) is 47.8 Å². The molecule has 2 aromatic rings. The number of hydrogen-bond acceptors (Lipinski definition) is 4. The molecule has 1 N–H and O–H groups in total. The molecule has 0 aliphatic rings. The Bertz CT molecular complexity index is 676. The zero-order valence-corrected chi connectivity index (χ0v) is 15.6. The highest BCUT2D eigenvalue weighted by Gasteiger charge is 2.10. The number of carbonyl (C=O) groups excluding carboxylic acids is 1. The summed E-state index contributed by atoms with van der Waals surface area (Å²) in [5.41, 5.74) is 2.57. The van der Waals surface area contributed by atoms with Gasteiger partial charge in [0.15, 0.2) is 0 Å². The Hall–Kier alpha value is -2.56. The second-order valence-corrected chi connectivity index (χ2v) is 5.75. The number of hydrogen-bond donors (Lipinski definition) is 1. The molecule has 1 amide bonds. The molecule has 0 bridgehead atoms. The van der Waals surface area contributed by atoms with Gasteiger partial charge in [-0.1, -0.05) is 0 Å². The number of anilines is 3. The van der Waals surface area contributed by atoms with Gasteiger partial charge in [-0.3, -0.25) is 4.79 Å². The number of pyridine rings is 1. The van der Waals surface area contributed by atoms with Crippen LogP contribution in [0, 0.1) is 0 Å². The summed E-state index contributed by atoms with van der Waals surface area (Å²) in [6.07, 6.45) is 1.69. The fraction of sp³-hybridized carbons (Fsp3) is 0.400. The lowest BCUT2D eigenvalue weighted by Gasteiger charge is -2.21. The SMILES string of the molecule is CCN(CC)c1ccc(NC(=O)c2ccnc(N(CC)CC)c2)cc1. The average Bonchev–Trinajstić information content (AvgIpc) is 2.65. The first-order chi connectivity index (χ1) is 12.1. The van der Waals surface area contributed by atoms with Crippen LogP contribution >= 0.6 is 0 Å². The summed E-state index contributed by atoms with van der Waals surface area (Å²) >= 11 is 0. The normalized spacial score (nSPS) is 10.4. The van der Waals surface area contributed by atoms with E-state index in [1.54, 1.807) is 12.3 Å². The maximum absolute atomic E-state index is 12.5. The van der Waals surface area contributed by atoms with Crippen molar-refractivity contribution >= 4 is 23.1 Å². The molecule has 0 unspecified atom stereocenters. The third-order valence-corrected chi connectivity index (χ3v) is 4.35. The quantitative estimate of drug-likeness (QED) is 0.788. The van der Waals surface area contributed by atoms with E-state index in [0.717, 1.165) is 43.4 Å². The number of aromatic nitrogens is 1. The molecule has 5 nitrogen and oxygen atoms in total. The minimum atomic E-state index is -0.119. The number of amides is 1. The van der Waals surface area contributed by atoms with Crippen LogP contribution in [0.1, 0.15) is 38.1 Å². The zero-order valence-electron chi connectivity index (χ0n) is 15.6. The Morgan fingerprint density at radius 1 is 0.920 bits per heavy atom. The van der Waals surface area contributed by atoms with Gasteiger partial charge in [0.1, 0.15) is 5.82 Å². The van der Waals surface area contributed by atoms with E-state index in [0.29, 0.717) is 5.56 Å². The van der Waals surface area contributed by atoms with Gasteiger partial charge in [0.2, 0.25) is 0 Å². The molecule has 0 atom stereocenters. The Balaban J connectivity index is 2.10. The average molecular weight is 340 g/mol. The number of nitrogens with one attached hydrogen (secondary N) is 1. The highest BCUT2D eigenvalue weighted by Crippen LogP contribution is 2.19. The first-order valence-electron chi connectivity index (χ1n) is 9.00. The Kier molecular flexibility index (Phi) is 6.81. The monoisotopic (exact) mass is 340 g/mol. The van der Waals surface area contributed by atoms with Crippen molar-refractivity contribution in [2.45, 2.75) is 27.7 Å². The first-order valence-corrected chi connectivity index (χ1v) is 9.00. The molecule has 0 fully saturated rings. The maximum atomic E-state index is 12.5. The van der Waals surface area contributed by atoms with Crippen LogP contribution in [0.2, 0.25) is 0 Å². The van der Waals surface area contributed by atoms with Crippen molar-refractivity contribution in [3.05, 3.63) is 48.2 Å². The van der Waals surface area contributed by atoms with Gasteiger partial charge in [0, 0.05) is 49.3 Å². The molecule has 0 saturated heterocycles. The van der Waals surface area contributed by atoms with Gasteiger partial charge in [0.25, 0.3) is 5.91 Å². The number of nitrogens with zero attached hydrogens (tertiary/aromatic N) is 3. The molecule has 0 aliphatic heterocycles. The summed E-state index contributed by atoms with van der Waals surface area (Å²) in [5.74, 6) is 0.709. The maximum Gasteiger partial charge on any atom is 0.255 e. The van der Waals surface area contributed by atoms with Gasteiger partial charge >= 0.3 is 0 Å². The Labute approximate surface area is 150 Å². The fourth-order valence-electron chi connectivity index (χ4n) is 2.83. The van der Waals surface area contributed by atoms with E-state index in [-0.39, 0.29) is 5.91 Å². The molecule has 1 aromatic carbocycles. The van der Waals surface area contributed by atoms with Crippen molar-refractivity contribution < 1.29 is 4.79 Å². The van der Waals surface area contributed by atoms with E-state index < -0.39 is 0 Å². The molecule has 0 aliphatic carbocycles. The second-order valence-electron chi connectivity index (χ2n) is 5.75. The fourth-order valence-corrected chi connectivity index (χ4v) is 2.83. The summed E-state index contributed by atoms with van der Waals surface area (Å²) in [5, 5.41) is 2.96. The number of rotatable bonds is 8. The molecule has 0 spiro atoms. The van der Waals surface area contributed by atoms with Crippen LogP contribution in [0.15, 0.2) is 42.6 Å². The van der Waals surface area contributed by atoms with Crippen LogP contribution in [0.3, 0.4) is 0 Å². The minimum absolute atomic E-state index is 0.119. The van der Waals surface area contributed by atoms with Crippen LogP contribution in [-0.2, 0) is 0 Å². The Morgan fingerprint density at radius 2 is 1.52 bits per heavy atom. The van der Waals surface area contributed by atoms with E-state index >= 15 is 0 Å². The lowest BCUT2D eigenvalue weighted by Crippen LogP contribution is -2.23. The standard InChI is InChI=1S/C20H28N4O/c1-5-23(6-2)18-11-9-17(10-12-18)22-20(25)16-13-14-21-19(15-16)24(7-3)8-4/h9-15H,5-8H2,1-4H3,(H,22,25).